The van der Waals surface area contributed by atoms with E-state index in [1.165, 1.54) is 0 Å². The van der Waals surface area contributed by atoms with E-state index in [0.29, 0.717) is 0 Å². The van der Waals surface area contributed by atoms with Crippen LogP contribution >= 0.6 is 0 Å². The van der Waals surface area contributed by atoms with E-state index in [1.54, 1.807) is 13.8 Å². The Morgan fingerprint density at radius 2 is 1.73 bits per heavy atom. The summed E-state index contributed by atoms with van der Waals surface area (Å²) in [7, 11) is 0. The highest BCUT2D eigenvalue weighted by molar-refractivity contribution is 6.00. The van der Waals surface area contributed by atoms with Gasteiger partial charge in [0.15, 0.2) is 0 Å². The van der Waals surface area contributed by atoms with Gasteiger partial charge in [-0.2, -0.15) is 13.2 Å². The SMILES string of the molecule is CCC(CC)(NC(=O)c1ccc(F)cc1C(F)(F)F)C(N)=O. The number of rotatable bonds is 5. The average Bonchev–Trinajstić information content (AvgIpc) is 2.43. The molecule has 0 radical (unpaired) electrons. The van der Waals surface area contributed by atoms with Crippen LogP contribution in [0, 0.1) is 5.82 Å². The van der Waals surface area contributed by atoms with Gasteiger partial charge >= 0.3 is 6.18 Å². The number of nitrogens with one attached hydrogen (secondary N) is 1. The summed E-state index contributed by atoms with van der Waals surface area (Å²) < 4.78 is 51.8. The maximum absolute atomic E-state index is 13.0. The molecule has 0 unspecified atom stereocenters. The fourth-order valence-corrected chi connectivity index (χ4v) is 2.07. The Kier molecular flexibility index (Phi) is 5.16. The Balaban J connectivity index is 3.27. The molecule has 0 heterocycles. The molecule has 0 fully saturated rings. The molecule has 8 heteroatoms. The summed E-state index contributed by atoms with van der Waals surface area (Å²) >= 11 is 0. The molecule has 0 atom stereocenters. The molecular weight excluding hydrogens is 304 g/mol. The van der Waals surface area contributed by atoms with E-state index in [9.17, 15) is 27.2 Å². The first kappa shape index (κ1) is 17.9. The highest BCUT2D eigenvalue weighted by Crippen LogP contribution is 2.33. The number of amides is 2. The van der Waals surface area contributed by atoms with Crippen molar-refractivity contribution in [2.24, 2.45) is 5.73 Å². The highest BCUT2D eigenvalue weighted by atomic mass is 19.4. The van der Waals surface area contributed by atoms with Gasteiger partial charge in [-0.15, -0.1) is 0 Å². The quantitative estimate of drug-likeness (QED) is 0.819. The van der Waals surface area contributed by atoms with E-state index in [-0.39, 0.29) is 18.9 Å². The average molecular weight is 320 g/mol. The standard InChI is InChI=1S/C14H16F4N2O2/c1-3-13(4-2,12(19)22)20-11(21)9-6-5-8(15)7-10(9)14(16,17)18/h5-7H,3-4H2,1-2H3,(H2,19,22)(H,20,21). The maximum atomic E-state index is 13.0. The van der Waals surface area contributed by atoms with Gasteiger partial charge in [0.05, 0.1) is 11.1 Å². The molecule has 0 saturated carbocycles. The predicted octanol–water partition coefficient (Wildman–Crippen LogP) is 2.62. The van der Waals surface area contributed by atoms with Crippen molar-refractivity contribution in [3.63, 3.8) is 0 Å². The van der Waals surface area contributed by atoms with E-state index >= 15 is 0 Å². The van der Waals surface area contributed by atoms with Crippen molar-refractivity contribution >= 4 is 11.8 Å². The largest absolute Gasteiger partial charge is 0.417 e. The summed E-state index contributed by atoms with van der Waals surface area (Å²) in [5, 5.41) is 2.24. The fraction of sp³-hybridized carbons (Fsp3) is 0.429. The van der Waals surface area contributed by atoms with Gasteiger partial charge in [0, 0.05) is 0 Å². The maximum Gasteiger partial charge on any atom is 0.417 e. The number of primary amides is 1. The first-order valence-electron chi connectivity index (χ1n) is 6.56. The van der Waals surface area contributed by atoms with Crippen molar-refractivity contribution < 1.29 is 27.2 Å². The van der Waals surface area contributed by atoms with Crippen molar-refractivity contribution in [2.75, 3.05) is 0 Å². The molecular formula is C14H16F4N2O2. The van der Waals surface area contributed by atoms with Crippen LogP contribution in [-0.4, -0.2) is 17.4 Å². The van der Waals surface area contributed by atoms with Gasteiger partial charge in [-0.3, -0.25) is 9.59 Å². The molecule has 0 bridgehead atoms. The summed E-state index contributed by atoms with van der Waals surface area (Å²) in [6, 6.07) is 1.71. The molecule has 2 amide bonds. The molecule has 1 aromatic rings. The number of halogens is 4. The van der Waals surface area contributed by atoms with Crippen LogP contribution in [0.3, 0.4) is 0 Å². The first-order valence-corrected chi connectivity index (χ1v) is 6.56. The van der Waals surface area contributed by atoms with Crippen LogP contribution < -0.4 is 11.1 Å². The van der Waals surface area contributed by atoms with Crippen LogP contribution in [0.2, 0.25) is 0 Å². The second kappa shape index (κ2) is 6.33. The number of hydrogen-bond donors (Lipinski definition) is 2. The first-order chi connectivity index (χ1) is 10.1. The van der Waals surface area contributed by atoms with Crippen molar-refractivity contribution in [1.29, 1.82) is 0 Å². The fourth-order valence-electron chi connectivity index (χ4n) is 2.07. The molecule has 0 saturated heterocycles. The van der Waals surface area contributed by atoms with E-state index < -0.39 is 40.5 Å². The van der Waals surface area contributed by atoms with Crippen molar-refractivity contribution in [3.05, 3.63) is 35.1 Å². The summed E-state index contributed by atoms with van der Waals surface area (Å²) in [6.07, 6.45) is -4.66. The minimum atomic E-state index is -4.90. The molecule has 4 nitrogen and oxygen atoms in total. The summed E-state index contributed by atoms with van der Waals surface area (Å²) in [5.41, 5.74) is 1.61. The Labute approximate surface area is 124 Å². The number of hydrogen-bond acceptors (Lipinski definition) is 2. The lowest BCUT2D eigenvalue weighted by Gasteiger charge is -2.29. The lowest BCUT2D eigenvalue weighted by molar-refractivity contribution is -0.138. The zero-order chi connectivity index (χ0) is 17.1. The van der Waals surface area contributed by atoms with Gasteiger partial charge in [-0.1, -0.05) is 13.8 Å². The third kappa shape index (κ3) is 3.55. The van der Waals surface area contributed by atoms with E-state index in [1.807, 2.05) is 0 Å². The minimum absolute atomic E-state index is 0.118. The van der Waals surface area contributed by atoms with Gasteiger partial charge in [-0.25, -0.2) is 4.39 Å². The number of carbonyl (C=O) groups excluding carboxylic acids is 2. The molecule has 122 valence electrons. The Morgan fingerprint density at radius 3 is 2.14 bits per heavy atom. The third-order valence-corrected chi connectivity index (χ3v) is 3.56. The summed E-state index contributed by atoms with van der Waals surface area (Å²) in [6.45, 7) is 3.15. The third-order valence-electron chi connectivity index (χ3n) is 3.56. The van der Waals surface area contributed by atoms with Crippen LogP contribution in [0.25, 0.3) is 0 Å². The molecule has 0 spiro atoms. The number of alkyl halides is 3. The minimum Gasteiger partial charge on any atom is -0.368 e. The lowest BCUT2D eigenvalue weighted by atomic mass is 9.91. The smallest absolute Gasteiger partial charge is 0.368 e. The van der Waals surface area contributed by atoms with E-state index in [2.05, 4.69) is 5.32 Å². The topological polar surface area (TPSA) is 72.2 Å². The zero-order valence-corrected chi connectivity index (χ0v) is 12.1. The zero-order valence-electron chi connectivity index (χ0n) is 12.1. The molecule has 0 aromatic heterocycles. The lowest BCUT2D eigenvalue weighted by Crippen LogP contribution is -2.56. The van der Waals surface area contributed by atoms with Gasteiger partial charge in [-0.05, 0) is 31.0 Å². The highest BCUT2D eigenvalue weighted by Gasteiger charge is 2.39. The van der Waals surface area contributed by atoms with Gasteiger partial charge < -0.3 is 11.1 Å². The normalized spacial score (nSPS) is 12.1. The van der Waals surface area contributed by atoms with Crippen LogP contribution in [0.5, 0.6) is 0 Å². The van der Waals surface area contributed by atoms with Crippen molar-refractivity contribution in [1.82, 2.24) is 5.32 Å². The molecule has 1 rings (SSSR count). The molecule has 3 N–H and O–H groups in total. The molecule has 1 aromatic carbocycles. The molecule has 0 aliphatic heterocycles. The van der Waals surface area contributed by atoms with Crippen LogP contribution in [0.4, 0.5) is 17.6 Å². The molecule has 0 aliphatic carbocycles. The second-order valence-corrected chi connectivity index (χ2v) is 4.80. The summed E-state index contributed by atoms with van der Waals surface area (Å²) in [4.78, 5) is 23.6. The van der Waals surface area contributed by atoms with E-state index in [0.717, 1.165) is 12.1 Å². The van der Waals surface area contributed by atoms with Crippen LogP contribution in [-0.2, 0) is 11.0 Å². The Hall–Kier alpha value is -2.12. The predicted molar refractivity (Wildman–Crippen MR) is 71.4 cm³/mol. The number of nitrogens with two attached hydrogens (primary N) is 1. The van der Waals surface area contributed by atoms with Gasteiger partial charge in [0.1, 0.15) is 11.4 Å². The van der Waals surface area contributed by atoms with Gasteiger partial charge in [0.25, 0.3) is 5.91 Å². The Bertz CT molecular complexity index is 581. The van der Waals surface area contributed by atoms with Crippen molar-refractivity contribution in [2.45, 2.75) is 38.4 Å². The van der Waals surface area contributed by atoms with Crippen LogP contribution in [0.1, 0.15) is 42.6 Å². The van der Waals surface area contributed by atoms with Crippen molar-refractivity contribution in [3.8, 4) is 0 Å². The number of carbonyl (C=O) groups is 2. The molecule has 0 aliphatic rings. The second-order valence-electron chi connectivity index (χ2n) is 4.80. The summed E-state index contributed by atoms with van der Waals surface area (Å²) in [5.74, 6) is -3.09. The van der Waals surface area contributed by atoms with E-state index in [4.69, 9.17) is 5.73 Å². The van der Waals surface area contributed by atoms with Gasteiger partial charge in [0.2, 0.25) is 5.91 Å². The number of benzene rings is 1. The molecule has 22 heavy (non-hydrogen) atoms. The monoisotopic (exact) mass is 320 g/mol. The Morgan fingerprint density at radius 1 is 1.18 bits per heavy atom. The van der Waals surface area contributed by atoms with Crippen LogP contribution in [0.15, 0.2) is 18.2 Å².